The molecule has 2 aromatic carbocycles. The van der Waals surface area contributed by atoms with Crippen molar-refractivity contribution < 1.29 is 4.79 Å². The number of rotatable bonds is 2. The predicted molar refractivity (Wildman–Crippen MR) is 83.3 cm³/mol. The highest BCUT2D eigenvalue weighted by atomic mass is 79.9. The summed E-state index contributed by atoms with van der Waals surface area (Å²) < 4.78 is 1.00. The van der Waals surface area contributed by atoms with Crippen molar-refractivity contribution in [2.45, 2.75) is 0 Å². The van der Waals surface area contributed by atoms with E-state index in [1.54, 1.807) is 6.21 Å². The summed E-state index contributed by atoms with van der Waals surface area (Å²) >= 11 is 3.37. The largest absolute Gasteiger partial charge is 0.320 e. The van der Waals surface area contributed by atoms with Crippen molar-refractivity contribution in [2.75, 3.05) is 5.32 Å². The van der Waals surface area contributed by atoms with Crippen molar-refractivity contribution in [1.29, 1.82) is 0 Å². The Kier molecular flexibility index (Phi) is 3.43. The second-order valence-corrected chi connectivity index (χ2v) is 5.16. The molecule has 0 saturated carbocycles. The molecular formula is C15H10BrN3O. The van der Waals surface area contributed by atoms with Gasteiger partial charge in [0.1, 0.15) is 0 Å². The Morgan fingerprint density at radius 3 is 2.60 bits per heavy atom. The van der Waals surface area contributed by atoms with E-state index in [1.165, 1.54) is 0 Å². The number of hydrogen-bond acceptors (Lipinski definition) is 3. The van der Waals surface area contributed by atoms with E-state index in [4.69, 9.17) is 0 Å². The Hall–Kier alpha value is -2.27. The molecule has 2 aromatic rings. The normalized spacial score (nSPS) is 15.7. The molecule has 1 heterocycles. The Morgan fingerprint density at radius 2 is 1.80 bits per heavy atom. The maximum atomic E-state index is 11.8. The van der Waals surface area contributed by atoms with E-state index in [2.05, 4.69) is 31.4 Å². The molecule has 0 aliphatic carbocycles. The van der Waals surface area contributed by atoms with Crippen LogP contribution in [0.3, 0.4) is 0 Å². The summed E-state index contributed by atoms with van der Waals surface area (Å²) in [5.74, 6) is -0.223. The van der Waals surface area contributed by atoms with Crippen LogP contribution in [0, 0.1) is 0 Å². The molecule has 3 rings (SSSR count). The minimum atomic E-state index is -0.223. The van der Waals surface area contributed by atoms with Crippen molar-refractivity contribution in [3.8, 4) is 0 Å². The van der Waals surface area contributed by atoms with Gasteiger partial charge < -0.3 is 5.32 Å². The Morgan fingerprint density at radius 1 is 1.05 bits per heavy atom. The van der Waals surface area contributed by atoms with Gasteiger partial charge in [-0.25, -0.2) is 0 Å². The standard InChI is InChI=1S/C15H10BrN3O/c16-11-7-5-10(6-8-11)9-17-19-14-12-3-1-2-4-13(12)18-15(14)20/h1-9H,(H,18,19,20)/b17-9-. The molecular weight excluding hydrogens is 318 g/mol. The van der Waals surface area contributed by atoms with E-state index >= 15 is 0 Å². The highest BCUT2D eigenvalue weighted by Gasteiger charge is 2.25. The smallest absolute Gasteiger partial charge is 0.276 e. The van der Waals surface area contributed by atoms with Gasteiger partial charge in [0.25, 0.3) is 5.91 Å². The van der Waals surface area contributed by atoms with Crippen molar-refractivity contribution in [3.63, 3.8) is 0 Å². The topological polar surface area (TPSA) is 53.8 Å². The first-order valence-electron chi connectivity index (χ1n) is 6.01. The van der Waals surface area contributed by atoms with Crippen LogP contribution in [0.5, 0.6) is 0 Å². The summed E-state index contributed by atoms with van der Waals surface area (Å²) in [4.78, 5) is 11.8. The molecule has 5 heteroatoms. The molecule has 0 atom stereocenters. The fraction of sp³-hybridized carbons (Fsp3) is 0. The van der Waals surface area contributed by atoms with Gasteiger partial charge in [-0.1, -0.05) is 46.3 Å². The fourth-order valence-corrected chi connectivity index (χ4v) is 2.17. The van der Waals surface area contributed by atoms with Gasteiger partial charge in [-0.05, 0) is 23.8 Å². The molecule has 0 radical (unpaired) electrons. The lowest BCUT2D eigenvalue weighted by Crippen LogP contribution is -2.13. The molecule has 4 nitrogen and oxygen atoms in total. The van der Waals surface area contributed by atoms with Crippen LogP contribution in [0.1, 0.15) is 11.1 Å². The van der Waals surface area contributed by atoms with Gasteiger partial charge in [0.2, 0.25) is 0 Å². The number of amides is 1. The first kappa shape index (κ1) is 12.7. The molecule has 1 N–H and O–H groups in total. The minimum absolute atomic E-state index is 0.223. The van der Waals surface area contributed by atoms with Crippen molar-refractivity contribution in [3.05, 3.63) is 64.1 Å². The highest BCUT2D eigenvalue weighted by Crippen LogP contribution is 2.22. The van der Waals surface area contributed by atoms with Gasteiger partial charge in [-0.15, -0.1) is 5.10 Å². The number of hydrogen-bond donors (Lipinski definition) is 1. The average molecular weight is 328 g/mol. The third kappa shape index (κ3) is 2.53. The predicted octanol–water partition coefficient (Wildman–Crippen LogP) is 3.22. The highest BCUT2D eigenvalue weighted by molar-refractivity contribution is 9.10. The quantitative estimate of drug-likeness (QED) is 0.668. The van der Waals surface area contributed by atoms with Crippen LogP contribution >= 0.6 is 15.9 Å². The molecule has 0 spiro atoms. The second-order valence-electron chi connectivity index (χ2n) is 4.24. The fourth-order valence-electron chi connectivity index (χ4n) is 1.90. The summed E-state index contributed by atoms with van der Waals surface area (Å²) in [5, 5.41) is 10.8. The Balaban J connectivity index is 1.86. The number of nitrogens with one attached hydrogen (secondary N) is 1. The van der Waals surface area contributed by atoms with Crippen molar-refractivity contribution in [1.82, 2.24) is 0 Å². The lowest BCUT2D eigenvalue weighted by atomic mass is 10.1. The van der Waals surface area contributed by atoms with Crippen LogP contribution < -0.4 is 5.32 Å². The number of anilines is 1. The molecule has 0 aromatic heterocycles. The number of carbonyl (C=O) groups is 1. The zero-order valence-electron chi connectivity index (χ0n) is 10.4. The van der Waals surface area contributed by atoms with E-state index < -0.39 is 0 Å². The average Bonchev–Trinajstić information content (AvgIpc) is 2.77. The summed E-state index contributed by atoms with van der Waals surface area (Å²) in [7, 11) is 0. The number of halogens is 1. The Bertz CT molecular complexity index is 720. The van der Waals surface area contributed by atoms with Gasteiger partial charge in [-0.3, -0.25) is 4.79 Å². The van der Waals surface area contributed by atoms with Gasteiger partial charge in [0.05, 0.1) is 11.9 Å². The third-order valence-corrected chi connectivity index (χ3v) is 3.41. The number of fused-ring (bicyclic) bond motifs is 1. The number of carbonyl (C=O) groups excluding carboxylic acids is 1. The molecule has 1 amide bonds. The van der Waals surface area contributed by atoms with E-state index in [9.17, 15) is 4.79 Å². The van der Waals surface area contributed by atoms with Crippen LogP contribution in [0.25, 0.3) is 0 Å². The summed E-state index contributed by atoms with van der Waals surface area (Å²) in [6.07, 6.45) is 1.62. The van der Waals surface area contributed by atoms with Gasteiger partial charge in [0, 0.05) is 10.0 Å². The zero-order chi connectivity index (χ0) is 13.9. The monoisotopic (exact) mass is 327 g/mol. The first-order valence-corrected chi connectivity index (χ1v) is 6.81. The molecule has 1 aliphatic heterocycles. The van der Waals surface area contributed by atoms with E-state index in [-0.39, 0.29) is 5.91 Å². The molecule has 0 saturated heterocycles. The number of para-hydroxylation sites is 1. The summed E-state index contributed by atoms with van der Waals surface area (Å²) in [6.45, 7) is 0. The lowest BCUT2D eigenvalue weighted by molar-refractivity contribution is -0.110. The molecule has 0 unspecified atom stereocenters. The van der Waals surface area contributed by atoms with E-state index in [1.807, 2.05) is 48.5 Å². The van der Waals surface area contributed by atoms with Crippen molar-refractivity contribution in [2.24, 2.45) is 10.2 Å². The van der Waals surface area contributed by atoms with Crippen LogP contribution in [0.15, 0.2) is 63.2 Å². The second kappa shape index (κ2) is 5.38. The van der Waals surface area contributed by atoms with Crippen LogP contribution in [-0.2, 0) is 4.79 Å². The minimum Gasteiger partial charge on any atom is -0.320 e. The summed E-state index contributed by atoms with van der Waals surface area (Å²) in [5.41, 5.74) is 2.82. The third-order valence-electron chi connectivity index (χ3n) is 2.88. The molecule has 98 valence electrons. The van der Waals surface area contributed by atoms with Crippen LogP contribution in [0.2, 0.25) is 0 Å². The molecule has 1 aliphatic rings. The number of nitrogens with zero attached hydrogens (tertiary/aromatic N) is 2. The SMILES string of the molecule is O=C1Nc2ccccc2/C1=N/N=C\c1ccc(Br)cc1. The van der Waals surface area contributed by atoms with Gasteiger partial charge in [0.15, 0.2) is 5.71 Å². The zero-order valence-corrected chi connectivity index (χ0v) is 12.0. The van der Waals surface area contributed by atoms with E-state index in [0.717, 1.165) is 21.3 Å². The maximum absolute atomic E-state index is 11.8. The maximum Gasteiger partial charge on any atom is 0.276 e. The molecule has 20 heavy (non-hydrogen) atoms. The Labute approximate surface area is 124 Å². The number of benzene rings is 2. The summed E-state index contributed by atoms with van der Waals surface area (Å²) in [6, 6.07) is 15.1. The van der Waals surface area contributed by atoms with E-state index in [0.29, 0.717) is 5.71 Å². The molecule has 0 bridgehead atoms. The first-order chi connectivity index (χ1) is 9.74. The lowest BCUT2D eigenvalue weighted by Gasteiger charge is -1.94. The van der Waals surface area contributed by atoms with Gasteiger partial charge in [-0.2, -0.15) is 5.10 Å². The van der Waals surface area contributed by atoms with Gasteiger partial charge >= 0.3 is 0 Å². The molecule has 0 fully saturated rings. The van der Waals surface area contributed by atoms with Crippen LogP contribution in [-0.4, -0.2) is 17.8 Å². The van der Waals surface area contributed by atoms with Crippen LogP contribution in [0.4, 0.5) is 5.69 Å². The van der Waals surface area contributed by atoms with Crippen molar-refractivity contribution >= 4 is 39.5 Å².